The number of nitrogen functional groups attached to an aromatic ring is 1. The van der Waals surface area contributed by atoms with Crippen LogP contribution in [-0.2, 0) is 0 Å². The van der Waals surface area contributed by atoms with Crippen molar-refractivity contribution in [3.8, 4) is 6.07 Å². The molecule has 1 aromatic rings. The van der Waals surface area contributed by atoms with Crippen molar-refractivity contribution >= 4 is 11.5 Å². The fourth-order valence-corrected chi connectivity index (χ4v) is 1.85. The average molecular weight is 238 g/mol. The Morgan fingerprint density at radius 1 is 1.41 bits per heavy atom. The highest BCUT2D eigenvalue weighted by Crippen LogP contribution is 2.31. The van der Waals surface area contributed by atoms with Crippen molar-refractivity contribution in [3.05, 3.63) is 17.8 Å². The molecule has 0 saturated carbocycles. The Labute approximate surface area is 97.7 Å². The molecule has 90 valence electrons. The molecule has 1 fully saturated rings. The first kappa shape index (κ1) is 11.6. The van der Waals surface area contributed by atoms with E-state index in [-0.39, 0.29) is 25.9 Å². The van der Waals surface area contributed by atoms with Crippen LogP contribution in [0.4, 0.5) is 20.3 Å². The van der Waals surface area contributed by atoms with E-state index in [1.165, 1.54) is 12.3 Å². The fraction of sp³-hybridized carbons (Fsp3) is 0.455. The number of nitriles is 1. The van der Waals surface area contributed by atoms with Gasteiger partial charge in [0, 0.05) is 25.9 Å². The van der Waals surface area contributed by atoms with Gasteiger partial charge in [-0.1, -0.05) is 0 Å². The molecule has 1 aliphatic heterocycles. The molecule has 17 heavy (non-hydrogen) atoms. The molecule has 6 heteroatoms. The monoisotopic (exact) mass is 238 g/mol. The molecule has 2 heterocycles. The molecule has 0 aliphatic carbocycles. The number of rotatable bonds is 1. The summed E-state index contributed by atoms with van der Waals surface area (Å²) in [6.45, 7) is 0.414. The molecule has 2 rings (SSSR count). The molecule has 2 N–H and O–H groups in total. The van der Waals surface area contributed by atoms with E-state index in [1.54, 1.807) is 4.90 Å². The Bertz CT molecular complexity index is 457. The summed E-state index contributed by atoms with van der Waals surface area (Å²) in [4.78, 5) is 5.76. The molecule has 0 atom stereocenters. The lowest BCUT2D eigenvalue weighted by Gasteiger charge is -2.32. The van der Waals surface area contributed by atoms with Crippen molar-refractivity contribution < 1.29 is 8.78 Å². The van der Waals surface area contributed by atoms with Crippen molar-refractivity contribution in [2.45, 2.75) is 18.8 Å². The van der Waals surface area contributed by atoms with Gasteiger partial charge in [-0.25, -0.2) is 13.8 Å². The van der Waals surface area contributed by atoms with Crippen LogP contribution in [0.3, 0.4) is 0 Å². The van der Waals surface area contributed by atoms with Crippen molar-refractivity contribution in [2.75, 3.05) is 23.7 Å². The van der Waals surface area contributed by atoms with Crippen LogP contribution >= 0.6 is 0 Å². The van der Waals surface area contributed by atoms with Gasteiger partial charge in [-0.2, -0.15) is 5.26 Å². The summed E-state index contributed by atoms with van der Waals surface area (Å²) in [5.41, 5.74) is 6.25. The highest BCUT2D eigenvalue weighted by molar-refractivity contribution is 5.59. The Morgan fingerprint density at radius 3 is 2.65 bits per heavy atom. The average Bonchev–Trinajstić information content (AvgIpc) is 2.29. The largest absolute Gasteiger partial charge is 0.397 e. The minimum atomic E-state index is -2.60. The summed E-state index contributed by atoms with van der Waals surface area (Å²) in [5.74, 6) is -2.16. The summed E-state index contributed by atoms with van der Waals surface area (Å²) >= 11 is 0. The number of alkyl halides is 2. The van der Waals surface area contributed by atoms with Gasteiger partial charge in [0.25, 0.3) is 5.92 Å². The Kier molecular flexibility index (Phi) is 2.84. The van der Waals surface area contributed by atoms with E-state index in [4.69, 9.17) is 11.0 Å². The number of nitrogens with zero attached hydrogens (tertiary/aromatic N) is 3. The number of aromatic nitrogens is 1. The second kappa shape index (κ2) is 4.17. The minimum absolute atomic E-state index is 0.204. The lowest BCUT2D eigenvalue weighted by molar-refractivity contribution is -0.0221. The van der Waals surface area contributed by atoms with E-state index in [0.29, 0.717) is 17.1 Å². The van der Waals surface area contributed by atoms with Crippen LogP contribution in [0.25, 0.3) is 0 Å². The van der Waals surface area contributed by atoms with Gasteiger partial charge >= 0.3 is 0 Å². The van der Waals surface area contributed by atoms with Crippen LogP contribution in [0.5, 0.6) is 0 Å². The fourth-order valence-electron chi connectivity index (χ4n) is 1.85. The number of piperidine rings is 1. The van der Waals surface area contributed by atoms with Gasteiger partial charge in [-0.05, 0) is 6.07 Å². The van der Waals surface area contributed by atoms with Crippen LogP contribution in [0.1, 0.15) is 18.4 Å². The maximum Gasteiger partial charge on any atom is 0.251 e. The lowest BCUT2D eigenvalue weighted by atomic mass is 10.1. The molecule has 0 spiro atoms. The number of hydrogen-bond acceptors (Lipinski definition) is 4. The smallest absolute Gasteiger partial charge is 0.251 e. The van der Waals surface area contributed by atoms with E-state index in [2.05, 4.69) is 4.98 Å². The van der Waals surface area contributed by atoms with E-state index in [1.807, 2.05) is 6.07 Å². The van der Waals surface area contributed by atoms with Crippen LogP contribution in [0, 0.1) is 11.3 Å². The number of nitrogens with two attached hydrogens (primary N) is 1. The van der Waals surface area contributed by atoms with Crippen molar-refractivity contribution in [1.82, 2.24) is 4.98 Å². The number of pyridine rings is 1. The quantitative estimate of drug-likeness (QED) is 0.809. The Morgan fingerprint density at radius 2 is 2.06 bits per heavy atom. The molecule has 0 amide bonds. The topological polar surface area (TPSA) is 65.9 Å². The summed E-state index contributed by atoms with van der Waals surface area (Å²) in [6.07, 6.45) is 1.02. The molecule has 4 nitrogen and oxygen atoms in total. The first-order valence-corrected chi connectivity index (χ1v) is 5.30. The zero-order valence-electron chi connectivity index (χ0n) is 9.16. The third-order valence-corrected chi connectivity index (χ3v) is 2.80. The predicted molar refractivity (Wildman–Crippen MR) is 59.8 cm³/mol. The third kappa shape index (κ3) is 2.44. The molecule has 0 unspecified atom stereocenters. The summed E-state index contributed by atoms with van der Waals surface area (Å²) in [5, 5.41) is 8.96. The molecular formula is C11H12F2N4. The lowest BCUT2D eigenvalue weighted by Crippen LogP contribution is -2.40. The maximum absolute atomic E-state index is 13.0. The van der Waals surface area contributed by atoms with Gasteiger partial charge in [0.2, 0.25) is 0 Å². The molecule has 0 aromatic carbocycles. The van der Waals surface area contributed by atoms with Crippen LogP contribution in [-0.4, -0.2) is 24.0 Å². The van der Waals surface area contributed by atoms with Crippen LogP contribution in [0.2, 0.25) is 0 Å². The van der Waals surface area contributed by atoms with Gasteiger partial charge in [-0.3, -0.25) is 0 Å². The second-order valence-corrected chi connectivity index (χ2v) is 4.09. The number of anilines is 2. The molecule has 1 aromatic heterocycles. The third-order valence-electron chi connectivity index (χ3n) is 2.80. The van der Waals surface area contributed by atoms with Gasteiger partial charge in [0.1, 0.15) is 11.9 Å². The molecule has 0 radical (unpaired) electrons. The van der Waals surface area contributed by atoms with E-state index >= 15 is 0 Å². The van der Waals surface area contributed by atoms with Crippen molar-refractivity contribution in [1.29, 1.82) is 5.26 Å². The Hall–Kier alpha value is -1.90. The maximum atomic E-state index is 13.0. The number of halogens is 2. The molecule has 0 bridgehead atoms. The number of hydrogen-bond donors (Lipinski definition) is 1. The van der Waals surface area contributed by atoms with E-state index < -0.39 is 5.92 Å². The normalized spacial score (nSPS) is 18.8. The zero-order valence-corrected chi connectivity index (χ0v) is 9.16. The first-order chi connectivity index (χ1) is 8.02. The van der Waals surface area contributed by atoms with E-state index in [9.17, 15) is 8.78 Å². The molecule has 1 saturated heterocycles. The van der Waals surface area contributed by atoms with Crippen LogP contribution < -0.4 is 10.6 Å². The van der Waals surface area contributed by atoms with Gasteiger partial charge in [0.05, 0.1) is 17.4 Å². The second-order valence-electron chi connectivity index (χ2n) is 4.09. The summed E-state index contributed by atoms with van der Waals surface area (Å²) in [7, 11) is 0. The highest BCUT2D eigenvalue weighted by Gasteiger charge is 2.34. The van der Waals surface area contributed by atoms with Crippen molar-refractivity contribution in [2.24, 2.45) is 0 Å². The molecular weight excluding hydrogens is 226 g/mol. The van der Waals surface area contributed by atoms with Gasteiger partial charge in [0.15, 0.2) is 0 Å². The van der Waals surface area contributed by atoms with Gasteiger partial charge < -0.3 is 10.6 Å². The van der Waals surface area contributed by atoms with E-state index in [0.717, 1.165) is 0 Å². The Balaban J connectivity index is 2.22. The summed E-state index contributed by atoms with van der Waals surface area (Å²) < 4.78 is 26.0. The first-order valence-electron chi connectivity index (χ1n) is 5.30. The summed E-state index contributed by atoms with van der Waals surface area (Å²) in [6, 6.07) is 3.49. The zero-order chi connectivity index (χ0) is 12.5. The minimum Gasteiger partial charge on any atom is -0.397 e. The molecule has 1 aliphatic rings. The SMILES string of the molecule is N#Cc1cc(N)cnc1N1CCC(F)(F)CC1. The van der Waals surface area contributed by atoms with Gasteiger partial charge in [-0.15, -0.1) is 0 Å². The standard InChI is InChI=1S/C11H12F2N4/c12-11(13)1-3-17(4-2-11)10-8(6-14)5-9(15)7-16-10/h5,7H,1-4,15H2. The predicted octanol–water partition coefficient (Wildman–Crippen LogP) is 1.77. The highest BCUT2D eigenvalue weighted by atomic mass is 19.3. The van der Waals surface area contributed by atoms with Crippen LogP contribution in [0.15, 0.2) is 12.3 Å². The van der Waals surface area contributed by atoms with Crippen molar-refractivity contribution in [3.63, 3.8) is 0 Å².